The van der Waals surface area contributed by atoms with Gasteiger partial charge >= 0.3 is 0 Å². The van der Waals surface area contributed by atoms with Crippen LogP contribution in [0.3, 0.4) is 0 Å². The third-order valence-corrected chi connectivity index (χ3v) is 8.29. The van der Waals surface area contributed by atoms with E-state index in [1.54, 1.807) is 12.5 Å². The molecule has 0 spiro atoms. The summed E-state index contributed by atoms with van der Waals surface area (Å²) in [4.78, 5) is 12.2. The minimum atomic E-state index is -1.20. The molecule has 3 unspecified atom stereocenters. The molecule has 2 aliphatic heterocycles. The number of nitrogens with zero attached hydrogens (tertiary/aromatic N) is 3. The number of piperidine rings is 2. The fourth-order valence-corrected chi connectivity index (χ4v) is 5.97. The van der Waals surface area contributed by atoms with Gasteiger partial charge in [0.2, 0.25) is 5.95 Å². The third kappa shape index (κ3) is 3.51. The van der Waals surface area contributed by atoms with Crippen LogP contribution < -0.4 is 10.2 Å². The summed E-state index contributed by atoms with van der Waals surface area (Å²) in [5.41, 5.74) is 1.03. The molecule has 4 aliphatic rings. The number of hydrogen-bond acceptors (Lipinski definition) is 6. The Balaban J connectivity index is 1.36. The van der Waals surface area contributed by atoms with E-state index in [1.165, 1.54) is 12.0 Å². The minimum absolute atomic E-state index is 0.0543. The zero-order valence-electron chi connectivity index (χ0n) is 17.1. The highest BCUT2D eigenvalue weighted by Crippen LogP contribution is 2.52. The summed E-state index contributed by atoms with van der Waals surface area (Å²) in [5, 5.41) is 14.0. The number of hydrogen-bond donors (Lipinski definition) is 2. The van der Waals surface area contributed by atoms with Crippen molar-refractivity contribution in [3.63, 3.8) is 0 Å². The summed E-state index contributed by atoms with van der Waals surface area (Å²) in [5.74, 6) is 3.03. The molecule has 2 aromatic rings. The molecule has 3 atom stereocenters. The van der Waals surface area contributed by atoms with Crippen molar-refractivity contribution in [2.75, 3.05) is 36.2 Å². The molecule has 0 radical (unpaired) electrons. The molecule has 2 bridgehead atoms. The molecule has 1 aromatic heterocycles. The Hall–Kier alpha value is -1.70. The van der Waals surface area contributed by atoms with Gasteiger partial charge in [0.1, 0.15) is 5.82 Å². The number of fused-ring (bicyclic) bond motifs is 2. The summed E-state index contributed by atoms with van der Waals surface area (Å²) in [6.45, 7) is 1.89. The van der Waals surface area contributed by atoms with Crippen LogP contribution in [0.25, 0.3) is 0 Å². The van der Waals surface area contributed by atoms with Crippen molar-refractivity contribution in [3.05, 3.63) is 41.0 Å². The Kier molecular flexibility index (Phi) is 5.24. The molecule has 2 saturated heterocycles. The van der Waals surface area contributed by atoms with Gasteiger partial charge in [0.25, 0.3) is 0 Å². The summed E-state index contributed by atoms with van der Waals surface area (Å²) < 4.78 is 12.2. The van der Waals surface area contributed by atoms with E-state index in [-0.39, 0.29) is 12.1 Å². The first-order valence-corrected chi connectivity index (χ1v) is 12.5. The van der Waals surface area contributed by atoms with Crippen LogP contribution in [0.2, 0.25) is 5.02 Å². The topological polar surface area (TPSA) is 78.4 Å². The molecule has 3 heterocycles. The van der Waals surface area contributed by atoms with E-state index < -0.39 is 10.8 Å². The Morgan fingerprint density at radius 1 is 1.27 bits per heavy atom. The predicted molar refractivity (Wildman–Crippen MR) is 120 cm³/mol. The largest absolute Gasteiger partial charge is 0.394 e. The van der Waals surface area contributed by atoms with Crippen LogP contribution in [0.5, 0.6) is 0 Å². The fourth-order valence-electron chi connectivity index (χ4n) is 5.27. The second-order valence-electron chi connectivity index (χ2n) is 8.99. The molecule has 1 aromatic carbocycles. The normalized spacial score (nSPS) is 27.7. The molecule has 8 heteroatoms. The predicted octanol–water partition coefficient (Wildman–Crippen LogP) is 3.43. The van der Waals surface area contributed by atoms with Gasteiger partial charge in [-0.05, 0) is 61.1 Å². The van der Waals surface area contributed by atoms with Crippen molar-refractivity contribution in [2.24, 2.45) is 11.8 Å². The number of aliphatic hydroxyl groups is 1. The standard InChI is InChI=1S/C22H27ClN4O2S/c1-30(29)18-10-24-21(25-20(18)26-22(13-28)7-2-8-22)27-11-15-9-16(12-27)19(15)14-3-5-17(23)6-4-14/h3-6,10,15-16,19,28H,2,7-9,11-13H2,1H3,(H,24,25,26). The lowest BCUT2D eigenvalue weighted by Crippen LogP contribution is -2.54. The average Bonchev–Trinajstić information content (AvgIpc) is 2.72. The molecule has 0 amide bonds. The van der Waals surface area contributed by atoms with Crippen LogP contribution in [-0.2, 0) is 10.8 Å². The van der Waals surface area contributed by atoms with E-state index >= 15 is 0 Å². The van der Waals surface area contributed by atoms with Crippen LogP contribution in [0, 0.1) is 11.8 Å². The van der Waals surface area contributed by atoms with E-state index in [1.807, 2.05) is 12.1 Å². The van der Waals surface area contributed by atoms with Crippen molar-refractivity contribution in [2.45, 2.75) is 42.0 Å². The van der Waals surface area contributed by atoms with E-state index in [0.717, 1.165) is 37.4 Å². The van der Waals surface area contributed by atoms with Crippen LogP contribution in [0.1, 0.15) is 37.2 Å². The number of aliphatic hydroxyl groups excluding tert-OH is 1. The quantitative estimate of drug-likeness (QED) is 0.707. The van der Waals surface area contributed by atoms with Crippen LogP contribution >= 0.6 is 11.6 Å². The van der Waals surface area contributed by atoms with E-state index in [4.69, 9.17) is 16.6 Å². The summed E-state index contributed by atoms with van der Waals surface area (Å²) >= 11 is 6.05. The highest BCUT2D eigenvalue weighted by molar-refractivity contribution is 7.84. The van der Waals surface area contributed by atoms with E-state index in [0.29, 0.717) is 34.4 Å². The van der Waals surface area contributed by atoms with Crippen molar-refractivity contribution in [3.8, 4) is 0 Å². The first kappa shape index (κ1) is 20.2. The molecule has 2 N–H and O–H groups in total. The summed E-state index contributed by atoms with van der Waals surface area (Å²) in [7, 11) is -1.20. The van der Waals surface area contributed by atoms with Crippen molar-refractivity contribution in [1.29, 1.82) is 0 Å². The third-order valence-electron chi connectivity index (χ3n) is 7.12. The number of benzene rings is 1. The van der Waals surface area contributed by atoms with Gasteiger partial charge in [-0.2, -0.15) is 4.98 Å². The molecule has 2 saturated carbocycles. The van der Waals surface area contributed by atoms with Crippen molar-refractivity contribution >= 4 is 34.2 Å². The first-order valence-electron chi connectivity index (χ1n) is 10.6. The molecule has 30 heavy (non-hydrogen) atoms. The highest BCUT2D eigenvalue weighted by atomic mass is 35.5. The maximum absolute atomic E-state index is 12.2. The van der Waals surface area contributed by atoms with Crippen molar-refractivity contribution in [1.82, 2.24) is 9.97 Å². The number of rotatable bonds is 6. The van der Waals surface area contributed by atoms with Crippen LogP contribution in [0.4, 0.5) is 11.8 Å². The van der Waals surface area contributed by atoms with E-state index in [2.05, 4.69) is 27.3 Å². The minimum Gasteiger partial charge on any atom is -0.394 e. The maximum atomic E-state index is 12.2. The lowest BCUT2D eigenvalue weighted by molar-refractivity contribution is 0.110. The van der Waals surface area contributed by atoms with Gasteiger partial charge in [-0.3, -0.25) is 4.21 Å². The van der Waals surface area contributed by atoms with Gasteiger partial charge in [0.15, 0.2) is 0 Å². The Morgan fingerprint density at radius 3 is 2.53 bits per heavy atom. The van der Waals surface area contributed by atoms with E-state index in [9.17, 15) is 9.32 Å². The Bertz CT molecular complexity index is 949. The maximum Gasteiger partial charge on any atom is 0.227 e. The monoisotopic (exact) mass is 446 g/mol. The molecule has 4 fully saturated rings. The first-order chi connectivity index (χ1) is 14.5. The van der Waals surface area contributed by atoms with Crippen LogP contribution in [-0.4, -0.2) is 50.8 Å². The molecular weight excluding hydrogens is 420 g/mol. The zero-order chi connectivity index (χ0) is 20.9. The number of nitrogens with one attached hydrogen (secondary N) is 1. The molecule has 6 nitrogen and oxygen atoms in total. The fraction of sp³-hybridized carbons (Fsp3) is 0.545. The van der Waals surface area contributed by atoms with Gasteiger partial charge in [-0.25, -0.2) is 4.98 Å². The second-order valence-corrected chi connectivity index (χ2v) is 10.8. The van der Waals surface area contributed by atoms with Crippen LogP contribution in [0.15, 0.2) is 35.4 Å². The average molecular weight is 447 g/mol. The molecule has 2 aliphatic carbocycles. The summed E-state index contributed by atoms with van der Waals surface area (Å²) in [6, 6.07) is 8.26. The van der Waals surface area contributed by atoms with Gasteiger partial charge in [0, 0.05) is 24.4 Å². The smallest absolute Gasteiger partial charge is 0.227 e. The van der Waals surface area contributed by atoms with Gasteiger partial charge < -0.3 is 15.3 Å². The SMILES string of the molecule is CS(=O)c1cnc(N2CC3CC(C2)C3c2ccc(Cl)cc2)nc1NC1(CO)CCC1. The zero-order valence-corrected chi connectivity index (χ0v) is 18.6. The van der Waals surface area contributed by atoms with Gasteiger partial charge in [-0.1, -0.05) is 23.7 Å². The number of anilines is 2. The molecule has 6 rings (SSSR count). The number of aromatic nitrogens is 2. The lowest BCUT2D eigenvalue weighted by atomic mass is 9.59. The van der Waals surface area contributed by atoms with Crippen molar-refractivity contribution < 1.29 is 9.32 Å². The highest BCUT2D eigenvalue weighted by Gasteiger charge is 2.48. The number of halogens is 1. The Labute approximate surface area is 184 Å². The molecular formula is C22H27ClN4O2S. The Morgan fingerprint density at radius 2 is 1.97 bits per heavy atom. The molecule has 160 valence electrons. The summed E-state index contributed by atoms with van der Waals surface area (Å²) in [6.07, 6.45) is 7.44. The van der Waals surface area contributed by atoms with Gasteiger partial charge in [-0.15, -0.1) is 0 Å². The second kappa shape index (κ2) is 7.77. The van der Waals surface area contributed by atoms with Gasteiger partial charge in [0.05, 0.1) is 34.0 Å². The lowest BCUT2D eigenvalue weighted by Gasteiger charge is -2.54.